The summed E-state index contributed by atoms with van der Waals surface area (Å²) < 4.78 is 14.2. The van der Waals surface area contributed by atoms with Gasteiger partial charge in [-0.3, -0.25) is 0 Å². The number of hydrogen-bond acceptors (Lipinski definition) is 2. The molecule has 0 amide bonds. The zero-order valence-corrected chi connectivity index (χ0v) is 10.8. The van der Waals surface area contributed by atoms with Gasteiger partial charge in [0.25, 0.3) is 0 Å². The predicted molar refractivity (Wildman–Crippen MR) is 65.3 cm³/mol. The van der Waals surface area contributed by atoms with Crippen LogP contribution in [0.1, 0.15) is 29.9 Å². The van der Waals surface area contributed by atoms with Gasteiger partial charge in [0.2, 0.25) is 0 Å². The zero-order valence-electron chi connectivity index (χ0n) is 9.19. The molecule has 1 heterocycles. The number of hydrogen-bond donors (Lipinski definition) is 2. The second-order valence-electron chi connectivity index (χ2n) is 4.25. The minimum atomic E-state index is -0.536. The van der Waals surface area contributed by atoms with Crippen molar-refractivity contribution in [1.82, 2.24) is 5.32 Å². The summed E-state index contributed by atoms with van der Waals surface area (Å²) in [5.41, 5.74) is 1.72. The first-order chi connectivity index (χ1) is 7.61. The van der Waals surface area contributed by atoms with Crippen molar-refractivity contribution in [2.45, 2.75) is 25.7 Å². The molecule has 1 aromatic rings. The zero-order chi connectivity index (χ0) is 11.7. The standard InChI is InChI=1S/C12H15BrFNO/c1-7-9(13)6-10(14)12(16)11(7)8-2-4-15-5-3-8/h6,8,15-16H,2-5H2,1H3. The Labute approximate surface area is 103 Å². The fourth-order valence-corrected chi connectivity index (χ4v) is 2.75. The fourth-order valence-electron chi connectivity index (χ4n) is 2.33. The number of nitrogens with one attached hydrogen (secondary N) is 1. The maximum atomic E-state index is 13.5. The molecule has 1 aliphatic rings. The van der Waals surface area contributed by atoms with Crippen LogP contribution in [0.25, 0.3) is 0 Å². The molecule has 2 rings (SSSR count). The first-order valence-corrected chi connectivity index (χ1v) is 6.28. The third kappa shape index (κ3) is 2.09. The minimum Gasteiger partial charge on any atom is -0.505 e. The molecule has 0 aliphatic carbocycles. The summed E-state index contributed by atoms with van der Waals surface area (Å²) in [5.74, 6) is -0.452. The summed E-state index contributed by atoms with van der Waals surface area (Å²) in [4.78, 5) is 0. The molecule has 0 unspecified atom stereocenters. The summed E-state index contributed by atoms with van der Waals surface area (Å²) >= 11 is 3.33. The molecule has 0 radical (unpaired) electrons. The Balaban J connectivity index is 2.45. The molecule has 0 atom stereocenters. The highest BCUT2D eigenvalue weighted by atomic mass is 79.9. The van der Waals surface area contributed by atoms with Gasteiger partial charge < -0.3 is 10.4 Å². The van der Waals surface area contributed by atoms with Gasteiger partial charge >= 0.3 is 0 Å². The van der Waals surface area contributed by atoms with Crippen LogP contribution in [0, 0.1) is 12.7 Å². The molecule has 4 heteroatoms. The van der Waals surface area contributed by atoms with Gasteiger partial charge in [-0.25, -0.2) is 4.39 Å². The molecule has 2 nitrogen and oxygen atoms in total. The van der Waals surface area contributed by atoms with Crippen molar-refractivity contribution in [3.63, 3.8) is 0 Å². The molecule has 16 heavy (non-hydrogen) atoms. The van der Waals surface area contributed by atoms with Gasteiger partial charge in [0.15, 0.2) is 11.6 Å². The third-order valence-electron chi connectivity index (χ3n) is 3.24. The number of benzene rings is 1. The summed E-state index contributed by atoms with van der Waals surface area (Å²) in [6, 6.07) is 1.33. The van der Waals surface area contributed by atoms with Gasteiger partial charge in [0.05, 0.1) is 0 Å². The molecule has 1 fully saturated rings. The van der Waals surface area contributed by atoms with Crippen LogP contribution in [-0.2, 0) is 0 Å². The van der Waals surface area contributed by atoms with Gasteiger partial charge in [-0.05, 0) is 50.4 Å². The highest BCUT2D eigenvalue weighted by Crippen LogP contribution is 2.39. The van der Waals surface area contributed by atoms with Crippen molar-refractivity contribution in [2.24, 2.45) is 0 Å². The fraction of sp³-hybridized carbons (Fsp3) is 0.500. The second-order valence-corrected chi connectivity index (χ2v) is 5.11. The molecule has 1 saturated heterocycles. The van der Waals surface area contributed by atoms with E-state index in [-0.39, 0.29) is 11.7 Å². The highest BCUT2D eigenvalue weighted by Gasteiger charge is 2.23. The van der Waals surface area contributed by atoms with Crippen molar-refractivity contribution in [3.8, 4) is 5.75 Å². The quantitative estimate of drug-likeness (QED) is 0.832. The van der Waals surface area contributed by atoms with Gasteiger partial charge in [-0.15, -0.1) is 0 Å². The topological polar surface area (TPSA) is 32.3 Å². The molecular weight excluding hydrogens is 273 g/mol. The average molecular weight is 288 g/mol. The van der Waals surface area contributed by atoms with E-state index >= 15 is 0 Å². The molecule has 0 bridgehead atoms. The van der Waals surface area contributed by atoms with Gasteiger partial charge in [0.1, 0.15) is 0 Å². The molecular formula is C12H15BrFNO. The van der Waals surface area contributed by atoms with Crippen LogP contribution in [-0.4, -0.2) is 18.2 Å². The molecule has 1 aromatic carbocycles. The van der Waals surface area contributed by atoms with E-state index in [1.54, 1.807) is 0 Å². The van der Waals surface area contributed by atoms with Crippen LogP contribution in [0.5, 0.6) is 5.75 Å². The lowest BCUT2D eigenvalue weighted by Gasteiger charge is -2.25. The second kappa shape index (κ2) is 4.72. The molecule has 0 spiro atoms. The van der Waals surface area contributed by atoms with E-state index in [9.17, 15) is 9.50 Å². The Hall–Kier alpha value is -0.610. The lowest BCUT2D eigenvalue weighted by molar-refractivity contribution is 0.398. The summed E-state index contributed by atoms with van der Waals surface area (Å²) in [7, 11) is 0. The van der Waals surface area contributed by atoms with Crippen molar-refractivity contribution in [3.05, 3.63) is 27.5 Å². The Bertz CT molecular complexity index is 376. The largest absolute Gasteiger partial charge is 0.505 e. The average Bonchev–Trinajstić information content (AvgIpc) is 2.28. The number of aromatic hydroxyl groups is 1. The van der Waals surface area contributed by atoms with E-state index in [1.807, 2.05) is 6.92 Å². The Morgan fingerprint density at radius 2 is 2.06 bits per heavy atom. The highest BCUT2D eigenvalue weighted by molar-refractivity contribution is 9.10. The first kappa shape index (κ1) is 11.9. The molecule has 1 aliphatic heterocycles. The van der Waals surface area contributed by atoms with E-state index < -0.39 is 5.82 Å². The SMILES string of the molecule is Cc1c(Br)cc(F)c(O)c1C1CCNCC1. The van der Waals surface area contributed by atoms with Crippen LogP contribution >= 0.6 is 15.9 Å². The smallest absolute Gasteiger partial charge is 0.166 e. The molecule has 2 N–H and O–H groups in total. The molecule has 88 valence electrons. The normalized spacial score (nSPS) is 17.7. The number of piperidine rings is 1. The van der Waals surface area contributed by atoms with E-state index in [2.05, 4.69) is 21.2 Å². The molecule has 0 aromatic heterocycles. The minimum absolute atomic E-state index is 0.174. The Kier molecular flexibility index (Phi) is 3.50. The lowest BCUT2D eigenvalue weighted by Crippen LogP contribution is -2.27. The van der Waals surface area contributed by atoms with Crippen molar-refractivity contribution >= 4 is 15.9 Å². The van der Waals surface area contributed by atoms with Crippen molar-refractivity contribution in [1.29, 1.82) is 0 Å². The van der Waals surface area contributed by atoms with Crippen molar-refractivity contribution < 1.29 is 9.50 Å². The number of halogens is 2. The lowest BCUT2D eigenvalue weighted by atomic mass is 9.86. The van der Waals surface area contributed by atoms with Crippen LogP contribution in [0.2, 0.25) is 0 Å². The van der Waals surface area contributed by atoms with Crippen LogP contribution in [0.3, 0.4) is 0 Å². The number of phenols is 1. The van der Waals surface area contributed by atoms with E-state index in [0.29, 0.717) is 0 Å². The first-order valence-electron chi connectivity index (χ1n) is 5.49. The maximum absolute atomic E-state index is 13.5. The Morgan fingerprint density at radius 3 is 2.69 bits per heavy atom. The van der Waals surface area contributed by atoms with Gasteiger partial charge in [-0.2, -0.15) is 0 Å². The van der Waals surface area contributed by atoms with Gasteiger partial charge in [-0.1, -0.05) is 15.9 Å². The number of phenolic OH excluding ortho intramolecular Hbond substituents is 1. The predicted octanol–water partition coefficient (Wildman–Crippen LogP) is 3.07. The van der Waals surface area contributed by atoms with Gasteiger partial charge in [0, 0.05) is 10.0 Å². The third-order valence-corrected chi connectivity index (χ3v) is 4.07. The van der Waals surface area contributed by atoms with E-state index in [1.165, 1.54) is 6.07 Å². The van der Waals surface area contributed by atoms with Crippen molar-refractivity contribution in [2.75, 3.05) is 13.1 Å². The maximum Gasteiger partial charge on any atom is 0.166 e. The summed E-state index contributed by atoms with van der Waals surface area (Å²) in [5, 5.41) is 13.1. The van der Waals surface area contributed by atoms with Crippen LogP contribution in [0.4, 0.5) is 4.39 Å². The van der Waals surface area contributed by atoms with E-state index in [0.717, 1.165) is 41.5 Å². The number of rotatable bonds is 1. The van der Waals surface area contributed by atoms with E-state index in [4.69, 9.17) is 0 Å². The summed E-state index contributed by atoms with van der Waals surface area (Å²) in [6.45, 7) is 3.77. The van der Waals surface area contributed by atoms with Crippen LogP contribution in [0.15, 0.2) is 10.5 Å². The van der Waals surface area contributed by atoms with Crippen LogP contribution < -0.4 is 5.32 Å². The summed E-state index contributed by atoms with van der Waals surface area (Å²) in [6.07, 6.45) is 1.90. The monoisotopic (exact) mass is 287 g/mol. The molecule has 0 saturated carbocycles. The Morgan fingerprint density at radius 1 is 1.44 bits per heavy atom.